The SMILES string of the molecule is CCOc1nc(N(C)c2ccc(C#N)cc2)ccc1N. The molecule has 0 saturated heterocycles. The van der Waals surface area contributed by atoms with Crippen LogP contribution in [0.1, 0.15) is 12.5 Å². The molecule has 2 aromatic rings. The number of pyridine rings is 1. The van der Waals surface area contributed by atoms with E-state index in [4.69, 9.17) is 15.7 Å². The highest BCUT2D eigenvalue weighted by Crippen LogP contribution is 2.27. The van der Waals surface area contributed by atoms with Crippen LogP contribution in [0.5, 0.6) is 5.88 Å². The third-order valence-electron chi connectivity index (χ3n) is 2.88. The van der Waals surface area contributed by atoms with E-state index >= 15 is 0 Å². The standard InChI is InChI=1S/C15H16N4O/c1-3-20-15-13(17)8-9-14(18-15)19(2)12-6-4-11(10-16)5-7-12/h4-9H,3,17H2,1-2H3. The zero-order valence-corrected chi connectivity index (χ0v) is 11.5. The summed E-state index contributed by atoms with van der Waals surface area (Å²) < 4.78 is 5.39. The third-order valence-corrected chi connectivity index (χ3v) is 2.88. The van der Waals surface area contributed by atoms with E-state index in [1.165, 1.54) is 0 Å². The number of hydrogen-bond acceptors (Lipinski definition) is 5. The Labute approximate surface area is 118 Å². The van der Waals surface area contributed by atoms with E-state index in [9.17, 15) is 0 Å². The van der Waals surface area contributed by atoms with Crippen LogP contribution in [0.4, 0.5) is 17.2 Å². The number of nitrogens with zero attached hydrogens (tertiary/aromatic N) is 3. The van der Waals surface area contributed by atoms with Crippen molar-refractivity contribution in [1.82, 2.24) is 4.98 Å². The molecule has 102 valence electrons. The molecular weight excluding hydrogens is 252 g/mol. The Morgan fingerprint density at radius 2 is 1.95 bits per heavy atom. The number of rotatable bonds is 4. The minimum absolute atomic E-state index is 0.436. The van der Waals surface area contributed by atoms with Crippen molar-refractivity contribution < 1.29 is 4.74 Å². The molecule has 0 bridgehead atoms. The molecule has 0 spiro atoms. The number of nitriles is 1. The summed E-state index contributed by atoms with van der Waals surface area (Å²) in [6.45, 7) is 2.40. The summed E-state index contributed by atoms with van der Waals surface area (Å²) in [4.78, 5) is 6.30. The molecule has 0 unspecified atom stereocenters. The van der Waals surface area contributed by atoms with Gasteiger partial charge in [0.25, 0.3) is 0 Å². The van der Waals surface area contributed by atoms with Gasteiger partial charge in [-0.1, -0.05) is 0 Å². The van der Waals surface area contributed by atoms with Gasteiger partial charge in [-0.05, 0) is 43.3 Å². The van der Waals surface area contributed by atoms with E-state index in [2.05, 4.69) is 11.1 Å². The maximum absolute atomic E-state index is 8.80. The summed E-state index contributed by atoms with van der Waals surface area (Å²) in [6.07, 6.45) is 0. The molecule has 0 aliphatic carbocycles. The lowest BCUT2D eigenvalue weighted by Crippen LogP contribution is -2.12. The van der Waals surface area contributed by atoms with Gasteiger partial charge in [-0.15, -0.1) is 0 Å². The van der Waals surface area contributed by atoms with Crippen molar-refractivity contribution in [2.24, 2.45) is 0 Å². The normalized spacial score (nSPS) is 9.85. The van der Waals surface area contributed by atoms with E-state index in [1.54, 1.807) is 18.2 Å². The summed E-state index contributed by atoms with van der Waals surface area (Å²) in [5, 5.41) is 8.80. The fraction of sp³-hybridized carbons (Fsp3) is 0.200. The van der Waals surface area contributed by atoms with Gasteiger partial charge in [-0.3, -0.25) is 0 Å². The van der Waals surface area contributed by atoms with Crippen LogP contribution in [0.15, 0.2) is 36.4 Å². The summed E-state index contributed by atoms with van der Waals surface area (Å²) in [5.74, 6) is 1.16. The van der Waals surface area contributed by atoms with Gasteiger partial charge in [0, 0.05) is 12.7 Å². The van der Waals surface area contributed by atoms with E-state index < -0.39 is 0 Å². The van der Waals surface area contributed by atoms with Crippen molar-refractivity contribution in [1.29, 1.82) is 5.26 Å². The first-order valence-corrected chi connectivity index (χ1v) is 6.29. The van der Waals surface area contributed by atoms with Gasteiger partial charge in [0.1, 0.15) is 5.82 Å². The Balaban J connectivity index is 2.30. The average molecular weight is 268 g/mol. The van der Waals surface area contributed by atoms with Crippen LogP contribution in [-0.2, 0) is 0 Å². The molecule has 0 atom stereocenters. The Morgan fingerprint density at radius 1 is 1.25 bits per heavy atom. The number of benzene rings is 1. The average Bonchev–Trinajstić information content (AvgIpc) is 2.49. The molecule has 2 rings (SSSR count). The van der Waals surface area contributed by atoms with Gasteiger partial charge in [0.2, 0.25) is 5.88 Å². The van der Waals surface area contributed by atoms with Crippen LogP contribution in [0.2, 0.25) is 0 Å². The first kappa shape index (κ1) is 13.7. The summed E-state index contributed by atoms with van der Waals surface area (Å²) in [6, 6.07) is 13.0. The Morgan fingerprint density at radius 3 is 2.55 bits per heavy atom. The molecule has 0 aliphatic rings. The molecule has 2 N–H and O–H groups in total. The van der Waals surface area contributed by atoms with Gasteiger partial charge in [-0.25, -0.2) is 0 Å². The number of ether oxygens (including phenoxy) is 1. The number of anilines is 3. The van der Waals surface area contributed by atoms with Crippen molar-refractivity contribution in [3.8, 4) is 11.9 Å². The van der Waals surface area contributed by atoms with Crippen molar-refractivity contribution in [3.05, 3.63) is 42.0 Å². The van der Waals surface area contributed by atoms with E-state index in [0.717, 1.165) is 11.5 Å². The molecule has 0 fully saturated rings. The second-order valence-corrected chi connectivity index (χ2v) is 4.21. The van der Waals surface area contributed by atoms with E-state index in [-0.39, 0.29) is 0 Å². The molecule has 0 aliphatic heterocycles. The molecular formula is C15H16N4O. The predicted molar refractivity (Wildman–Crippen MR) is 79.0 cm³/mol. The van der Waals surface area contributed by atoms with Gasteiger partial charge in [0.05, 0.1) is 23.9 Å². The molecule has 20 heavy (non-hydrogen) atoms. The quantitative estimate of drug-likeness (QED) is 0.922. The van der Waals surface area contributed by atoms with Gasteiger partial charge in [0.15, 0.2) is 0 Å². The van der Waals surface area contributed by atoms with Crippen molar-refractivity contribution >= 4 is 17.2 Å². The molecule has 1 aromatic heterocycles. The highest BCUT2D eigenvalue weighted by atomic mass is 16.5. The van der Waals surface area contributed by atoms with E-state index in [1.807, 2.05) is 37.1 Å². The van der Waals surface area contributed by atoms with Gasteiger partial charge < -0.3 is 15.4 Å². The van der Waals surface area contributed by atoms with E-state index in [0.29, 0.717) is 23.7 Å². The van der Waals surface area contributed by atoms with Crippen LogP contribution < -0.4 is 15.4 Å². The second kappa shape index (κ2) is 5.93. The minimum atomic E-state index is 0.436. The topological polar surface area (TPSA) is 75.2 Å². The maximum atomic E-state index is 8.80. The van der Waals surface area contributed by atoms with Gasteiger partial charge in [-0.2, -0.15) is 10.2 Å². The fourth-order valence-corrected chi connectivity index (χ4v) is 1.77. The van der Waals surface area contributed by atoms with Crippen molar-refractivity contribution in [3.63, 3.8) is 0 Å². The Hall–Kier alpha value is -2.74. The summed E-state index contributed by atoms with van der Waals surface area (Å²) in [7, 11) is 1.90. The number of nitrogen functional groups attached to an aromatic ring is 1. The van der Waals surface area contributed by atoms with Crippen LogP contribution in [0, 0.1) is 11.3 Å². The second-order valence-electron chi connectivity index (χ2n) is 4.21. The Bertz CT molecular complexity index is 631. The molecule has 5 heteroatoms. The van der Waals surface area contributed by atoms with Crippen LogP contribution in [-0.4, -0.2) is 18.6 Å². The molecule has 0 amide bonds. The summed E-state index contributed by atoms with van der Waals surface area (Å²) >= 11 is 0. The lowest BCUT2D eigenvalue weighted by atomic mass is 10.2. The van der Waals surface area contributed by atoms with Crippen LogP contribution >= 0.6 is 0 Å². The predicted octanol–water partition coefficient (Wildman–Crippen LogP) is 2.70. The molecule has 5 nitrogen and oxygen atoms in total. The Kier molecular flexibility index (Phi) is 4.06. The molecule has 0 saturated carbocycles. The number of nitrogens with two attached hydrogens (primary N) is 1. The lowest BCUT2D eigenvalue weighted by Gasteiger charge is -2.19. The lowest BCUT2D eigenvalue weighted by molar-refractivity contribution is 0.329. The third kappa shape index (κ3) is 2.81. The van der Waals surface area contributed by atoms with Crippen LogP contribution in [0.25, 0.3) is 0 Å². The highest BCUT2D eigenvalue weighted by Gasteiger charge is 2.09. The summed E-state index contributed by atoms with van der Waals surface area (Å²) in [5.41, 5.74) is 7.89. The zero-order valence-electron chi connectivity index (χ0n) is 11.5. The smallest absolute Gasteiger partial charge is 0.239 e. The first-order valence-electron chi connectivity index (χ1n) is 6.29. The van der Waals surface area contributed by atoms with Crippen molar-refractivity contribution in [2.45, 2.75) is 6.92 Å². The molecule has 1 aromatic carbocycles. The largest absolute Gasteiger partial charge is 0.476 e. The number of hydrogen-bond donors (Lipinski definition) is 1. The monoisotopic (exact) mass is 268 g/mol. The first-order chi connectivity index (χ1) is 9.65. The number of aromatic nitrogens is 1. The zero-order chi connectivity index (χ0) is 14.5. The minimum Gasteiger partial charge on any atom is -0.476 e. The van der Waals surface area contributed by atoms with Gasteiger partial charge >= 0.3 is 0 Å². The van der Waals surface area contributed by atoms with Crippen LogP contribution in [0.3, 0.4) is 0 Å². The fourth-order valence-electron chi connectivity index (χ4n) is 1.77. The van der Waals surface area contributed by atoms with Crippen molar-refractivity contribution in [2.75, 3.05) is 24.3 Å². The maximum Gasteiger partial charge on any atom is 0.239 e. The molecule has 0 radical (unpaired) electrons. The highest BCUT2D eigenvalue weighted by molar-refractivity contribution is 5.63. The molecule has 1 heterocycles.